The molecule has 1 saturated heterocycles. The molecule has 1 aliphatic rings. The normalized spacial score (nSPS) is 15.8. The lowest BCUT2D eigenvalue weighted by Crippen LogP contribution is -2.39. The van der Waals surface area contributed by atoms with E-state index in [-0.39, 0.29) is 5.97 Å². The van der Waals surface area contributed by atoms with Crippen molar-refractivity contribution in [3.05, 3.63) is 40.6 Å². The Hall–Kier alpha value is -1.85. The van der Waals surface area contributed by atoms with E-state index in [0.29, 0.717) is 23.5 Å². The molecular formula is C20H28ClN3O2. The highest BCUT2D eigenvalue weighted by molar-refractivity contribution is 6.33. The number of hydrogen-bond acceptors (Lipinski definition) is 5. The number of rotatable bonds is 7. The van der Waals surface area contributed by atoms with Crippen LogP contribution in [-0.4, -0.2) is 48.1 Å². The van der Waals surface area contributed by atoms with Crippen LogP contribution < -0.4 is 5.32 Å². The third kappa shape index (κ3) is 6.81. The van der Waals surface area contributed by atoms with Crippen LogP contribution in [0.3, 0.4) is 0 Å². The third-order valence-corrected chi connectivity index (χ3v) is 4.54. The van der Waals surface area contributed by atoms with Crippen LogP contribution in [0, 0.1) is 0 Å². The van der Waals surface area contributed by atoms with Crippen LogP contribution in [0.5, 0.6) is 0 Å². The summed E-state index contributed by atoms with van der Waals surface area (Å²) in [5.41, 5.74) is 2.13. The topological polar surface area (TPSA) is 54.5 Å². The highest BCUT2D eigenvalue weighted by Gasteiger charge is 2.19. The van der Waals surface area contributed by atoms with Crippen LogP contribution in [0.25, 0.3) is 6.08 Å². The quantitative estimate of drug-likeness (QED) is 0.439. The van der Waals surface area contributed by atoms with E-state index in [1.54, 1.807) is 25.3 Å². The van der Waals surface area contributed by atoms with Crippen LogP contribution in [-0.2, 0) is 9.53 Å². The summed E-state index contributed by atoms with van der Waals surface area (Å²) in [6, 6.07) is 2.18. The lowest BCUT2D eigenvalue weighted by Gasteiger charge is -2.32. The van der Waals surface area contributed by atoms with Crippen molar-refractivity contribution in [1.82, 2.24) is 9.88 Å². The zero-order chi connectivity index (χ0) is 18.9. The predicted octanol–water partition coefficient (Wildman–Crippen LogP) is 4.15. The SMILES string of the molecule is CCOC(=O)C=Cc1cnc(NC2CCN(CC=C(C)C)CC2)c(Cl)c1. The van der Waals surface area contributed by atoms with Crippen molar-refractivity contribution in [1.29, 1.82) is 0 Å². The second-order valence-corrected chi connectivity index (χ2v) is 7.09. The van der Waals surface area contributed by atoms with Crippen LogP contribution in [0.15, 0.2) is 30.0 Å². The Bertz CT molecular complexity index is 661. The molecule has 1 aromatic rings. The van der Waals surface area contributed by atoms with E-state index in [2.05, 4.69) is 35.1 Å². The van der Waals surface area contributed by atoms with Gasteiger partial charge >= 0.3 is 5.97 Å². The number of nitrogens with zero attached hydrogens (tertiary/aromatic N) is 2. The molecule has 142 valence electrons. The van der Waals surface area contributed by atoms with Gasteiger partial charge < -0.3 is 10.1 Å². The molecule has 0 spiro atoms. The number of halogens is 1. The number of piperidine rings is 1. The third-order valence-electron chi connectivity index (χ3n) is 4.25. The first kappa shape index (κ1) is 20.5. The highest BCUT2D eigenvalue weighted by atomic mass is 35.5. The first-order valence-corrected chi connectivity index (χ1v) is 9.48. The minimum Gasteiger partial charge on any atom is -0.463 e. The Labute approximate surface area is 161 Å². The maximum absolute atomic E-state index is 11.4. The number of aromatic nitrogens is 1. The summed E-state index contributed by atoms with van der Waals surface area (Å²) in [6.07, 6.45) is 9.15. The van der Waals surface area contributed by atoms with Gasteiger partial charge in [-0.1, -0.05) is 23.3 Å². The number of allylic oxidation sites excluding steroid dienone is 1. The van der Waals surface area contributed by atoms with Gasteiger partial charge in [0.2, 0.25) is 0 Å². The number of likely N-dealkylation sites (tertiary alicyclic amines) is 1. The van der Waals surface area contributed by atoms with Gasteiger partial charge in [0, 0.05) is 37.9 Å². The van der Waals surface area contributed by atoms with Crippen molar-refractivity contribution in [3.63, 3.8) is 0 Å². The first-order chi connectivity index (χ1) is 12.5. The fourth-order valence-electron chi connectivity index (χ4n) is 2.77. The molecular weight excluding hydrogens is 350 g/mol. The molecule has 1 N–H and O–H groups in total. The molecule has 0 saturated carbocycles. The van der Waals surface area contributed by atoms with Gasteiger partial charge in [0.15, 0.2) is 0 Å². The fourth-order valence-corrected chi connectivity index (χ4v) is 3.00. The Morgan fingerprint density at radius 2 is 2.15 bits per heavy atom. The molecule has 0 unspecified atom stereocenters. The van der Waals surface area contributed by atoms with E-state index in [1.807, 2.05) is 0 Å². The highest BCUT2D eigenvalue weighted by Crippen LogP contribution is 2.24. The number of hydrogen-bond donors (Lipinski definition) is 1. The Morgan fingerprint density at radius 3 is 2.77 bits per heavy atom. The number of ether oxygens (including phenoxy) is 1. The summed E-state index contributed by atoms with van der Waals surface area (Å²) < 4.78 is 4.86. The second-order valence-electron chi connectivity index (χ2n) is 6.69. The predicted molar refractivity (Wildman–Crippen MR) is 107 cm³/mol. The van der Waals surface area contributed by atoms with Crippen LogP contribution in [0.1, 0.15) is 39.2 Å². The number of carbonyl (C=O) groups is 1. The average molecular weight is 378 g/mol. The van der Waals surface area contributed by atoms with Gasteiger partial charge in [-0.2, -0.15) is 0 Å². The van der Waals surface area contributed by atoms with Crippen molar-refractivity contribution in [2.24, 2.45) is 0 Å². The zero-order valence-corrected chi connectivity index (χ0v) is 16.6. The smallest absolute Gasteiger partial charge is 0.330 e. The first-order valence-electron chi connectivity index (χ1n) is 9.10. The maximum atomic E-state index is 11.4. The molecule has 0 aromatic carbocycles. The van der Waals surface area contributed by atoms with Gasteiger partial charge in [-0.3, -0.25) is 4.90 Å². The average Bonchev–Trinajstić information content (AvgIpc) is 2.61. The van der Waals surface area contributed by atoms with Gasteiger partial charge in [0.05, 0.1) is 11.6 Å². The fraction of sp³-hybridized carbons (Fsp3) is 0.500. The molecule has 5 nitrogen and oxygen atoms in total. The Morgan fingerprint density at radius 1 is 1.42 bits per heavy atom. The lowest BCUT2D eigenvalue weighted by atomic mass is 10.0. The monoisotopic (exact) mass is 377 g/mol. The lowest BCUT2D eigenvalue weighted by molar-refractivity contribution is -0.137. The molecule has 1 fully saturated rings. The minimum atomic E-state index is -0.370. The molecule has 0 aliphatic carbocycles. The van der Waals surface area contributed by atoms with E-state index < -0.39 is 0 Å². The van der Waals surface area contributed by atoms with E-state index in [1.165, 1.54) is 11.6 Å². The molecule has 2 rings (SSSR count). The molecule has 26 heavy (non-hydrogen) atoms. The number of nitrogens with one attached hydrogen (secondary N) is 1. The largest absolute Gasteiger partial charge is 0.463 e. The van der Waals surface area contributed by atoms with Gasteiger partial charge in [0.1, 0.15) is 5.82 Å². The van der Waals surface area contributed by atoms with Gasteiger partial charge in [-0.25, -0.2) is 9.78 Å². The van der Waals surface area contributed by atoms with Crippen molar-refractivity contribution < 1.29 is 9.53 Å². The van der Waals surface area contributed by atoms with Gasteiger partial charge in [0.25, 0.3) is 0 Å². The van der Waals surface area contributed by atoms with Gasteiger partial charge in [-0.05, 0) is 51.3 Å². The minimum absolute atomic E-state index is 0.359. The molecule has 6 heteroatoms. The van der Waals surface area contributed by atoms with Crippen molar-refractivity contribution >= 4 is 29.5 Å². The zero-order valence-electron chi connectivity index (χ0n) is 15.8. The summed E-state index contributed by atoms with van der Waals surface area (Å²) in [7, 11) is 0. The molecule has 1 aliphatic heterocycles. The summed E-state index contributed by atoms with van der Waals surface area (Å²) in [6.45, 7) is 9.56. The van der Waals surface area contributed by atoms with Crippen molar-refractivity contribution in [3.8, 4) is 0 Å². The number of carbonyl (C=O) groups excluding carboxylic acids is 1. The molecule has 0 bridgehead atoms. The summed E-state index contributed by atoms with van der Waals surface area (Å²) in [4.78, 5) is 18.2. The Kier molecular flexibility index (Phi) is 8.13. The number of pyridine rings is 1. The summed E-state index contributed by atoms with van der Waals surface area (Å²) in [5.74, 6) is 0.327. The van der Waals surface area contributed by atoms with E-state index in [9.17, 15) is 4.79 Å². The number of esters is 1. The van der Waals surface area contributed by atoms with E-state index in [4.69, 9.17) is 16.3 Å². The molecule has 0 atom stereocenters. The summed E-state index contributed by atoms with van der Waals surface area (Å²) >= 11 is 6.35. The van der Waals surface area contributed by atoms with E-state index >= 15 is 0 Å². The molecule has 1 aromatic heterocycles. The standard InChI is InChI=1S/C20H28ClN3O2/c1-4-26-19(25)6-5-16-13-18(21)20(22-14-16)23-17-8-11-24(12-9-17)10-7-15(2)3/h5-7,13-14,17H,4,8-12H2,1-3H3,(H,22,23). The molecule has 0 amide bonds. The van der Waals surface area contributed by atoms with Gasteiger partial charge in [-0.15, -0.1) is 0 Å². The van der Waals surface area contributed by atoms with E-state index in [0.717, 1.165) is 38.0 Å². The van der Waals surface area contributed by atoms with Crippen LogP contribution in [0.2, 0.25) is 5.02 Å². The van der Waals surface area contributed by atoms with Crippen molar-refractivity contribution in [2.45, 2.75) is 39.7 Å². The Balaban J connectivity index is 1.87. The van der Waals surface area contributed by atoms with Crippen LogP contribution >= 0.6 is 11.6 Å². The molecule has 2 heterocycles. The summed E-state index contributed by atoms with van der Waals surface area (Å²) in [5, 5.41) is 4.00. The molecule has 0 radical (unpaired) electrons. The van der Waals surface area contributed by atoms with Crippen LogP contribution in [0.4, 0.5) is 5.82 Å². The maximum Gasteiger partial charge on any atom is 0.330 e. The number of anilines is 1. The second kappa shape index (κ2) is 10.3. The van der Waals surface area contributed by atoms with Crippen molar-refractivity contribution in [2.75, 3.05) is 31.6 Å².